The molecule has 0 radical (unpaired) electrons. The number of hydrogen-bond acceptors (Lipinski definition) is 5. The minimum Gasteiger partial charge on any atom is -0.378 e. The third-order valence-electron chi connectivity index (χ3n) is 5.04. The zero-order chi connectivity index (χ0) is 20.2. The first-order valence-electron chi connectivity index (χ1n) is 9.38. The molecule has 3 aromatic carbocycles. The molecule has 0 saturated carbocycles. The van der Waals surface area contributed by atoms with Crippen LogP contribution in [0.15, 0.2) is 60.7 Å². The summed E-state index contributed by atoms with van der Waals surface area (Å²) in [6, 6.07) is 21.1. The topological polar surface area (TPSA) is 79.4 Å². The van der Waals surface area contributed by atoms with E-state index in [1.165, 1.54) is 6.07 Å². The molecule has 0 N–H and O–H groups in total. The van der Waals surface area contributed by atoms with Crippen molar-refractivity contribution in [3.8, 4) is 6.07 Å². The minimum atomic E-state index is -0.371. The number of morpholine rings is 1. The van der Waals surface area contributed by atoms with E-state index in [0.717, 1.165) is 16.3 Å². The summed E-state index contributed by atoms with van der Waals surface area (Å²) in [5.41, 5.74) is 2.49. The van der Waals surface area contributed by atoms with Crippen molar-refractivity contribution < 1.29 is 9.66 Å². The second kappa shape index (κ2) is 8.13. The van der Waals surface area contributed by atoms with Gasteiger partial charge in [-0.3, -0.25) is 10.1 Å². The van der Waals surface area contributed by atoms with Gasteiger partial charge in [0.05, 0.1) is 29.8 Å². The number of anilines is 1. The summed E-state index contributed by atoms with van der Waals surface area (Å²) in [6.45, 7) is 2.35. The Morgan fingerprint density at radius 2 is 1.83 bits per heavy atom. The fraction of sp³-hybridized carbons (Fsp3) is 0.174. The lowest BCUT2D eigenvalue weighted by Gasteiger charge is -2.28. The van der Waals surface area contributed by atoms with Crippen LogP contribution in [-0.2, 0) is 4.74 Å². The van der Waals surface area contributed by atoms with E-state index in [1.54, 1.807) is 12.1 Å². The number of hydrogen-bond donors (Lipinski definition) is 0. The molecule has 144 valence electrons. The average Bonchev–Trinajstić information content (AvgIpc) is 2.77. The first kappa shape index (κ1) is 18.7. The van der Waals surface area contributed by atoms with Gasteiger partial charge in [0.25, 0.3) is 5.69 Å². The highest BCUT2D eigenvalue weighted by atomic mass is 16.6. The number of rotatable bonds is 4. The second-order valence-corrected chi connectivity index (χ2v) is 6.84. The number of nitrogens with zero attached hydrogens (tertiary/aromatic N) is 3. The first-order chi connectivity index (χ1) is 14.2. The van der Waals surface area contributed by atoms with Crippen LogP contribution in [0.25, 0.3) is 22.4 Å². The Hall–Kier alpha value is -3.69. The van der Waals surface area contributed by atoms with Crippen molar-refractivity contribution in [3.05, 3.63) is 81.9 Å². The van der Waals surface area contributed by atoms with Crippen LogP contribution < -0.4 is 4.90 Å². The van der Waals surface area contributed by atoms with Gasteiger partial charge in [0.15, 0.2) is 0 Å². The smallest absolute Gasteiger partial charge is 0.293 e. The van der Waals surface area contributed by atoms with Crippen LogP contribution in [0.3, 0.4) is 0 Å². The van der Waals surface area contributed by atoms with Crippen LogP contribution >= 0.6 is 0 Å². The van der Waals surface area contributed by atoms with Gasteiger partial charge in [-0.2, -0.15) is 5.26 Å². The molecule has 6 nitrogen and oxygen atoms in total. The van der Waals surface area contributed by atoms with Gasteiger partial charge in [-0.25, -0.2) is 0 Å². The van der Waals surface area contributed by atoms with E-state index in [4.69, 9.17) is 4.74 Å². The van der Waals surface area contributed by atoms with Crippen LogP contribution in [0.5, 0.6) is 0 Å². The Morgan fingerprint density at radius 3 is 2.55 bits per heavy atom. The molecule has 29 heavy (non-hydrogen) atoms. The number of nitro benzene ring substituents is 1. The van der Waals surface area contributed by atoms with Gasteiger partial charge in [0.2, 0.25) is 0 Å². The second-order valence-electron chi connectivity index (χ2n) is 6.84. The molecular weight excluding hydrogens is 366 g/mol. The molecule has 0 atom stereocenters. The zero-order valence-electron chi connectivity index (χ0n) is 15.7. The summed E-state index contributed by atoms with van der Waals surface area (Å²) in [7, 11) is 0. The van der Waals surface area contributed by atoms with Gasteiger partial charge >= 0.3 is 0 Å². The van der Waals surface area contributed by atoms with Crippen molar-refractivity contribution in [1.29, 1.82) is 5.26 Å². The summed E-state index contributed by atoms with van der Waals surface area (Å²) >= 11 is 0. The maximum absolute atomic E-state index is 11.7. The van der Waals surface area contributed by atoms with Crippen LogP contribution in [0, 0.1) is 21.4 Å². The molecule has 0 bridgehead atoms. The molecule has 1 aliphatic rings. The summed E-state index contributed by atoms with van der Waals surface area (Å²) in [6.07, 6.45) is 1.69. The quantitative estimate of drug-likeness (QED) is 0.283. The number of benzene rings is 3. The Morgan fingerprint density at radius 1 is 1.07 bits per heavy atom. The lowest BCUT2D eigenvalue weighted by Crippen LogP contribution is -2.36. The van der Waals surface area contributed by atoms with Crippen LogP contribution in [0.2, 0.25) is 0 Å². The molecule has 0 aromatic heterocycles. The Kier molecular flexibility index (Phi) is 5.23. The van der Waals surface area contributed by atoms with Gasteiger partial charge in [-0.05, 0) is 40.1 Å². The summed E-state index contributed by atoms with van der Waals surface area (Å²) in [5.74, 6) is 0. The molecule has 0 spiro atoms. The first-order valence-corrected chi connectivity index (χ1v) is 9.38. The molecular formula is C23H19N3O3. The van der Waals surface area contributed by atoms with Gasteiger partial charge in [-0.1, -0.05) is 42.5 Å². The molecule has 1 saturated heterocycles. The predicted octanol–water partition coefficient (Wildman–Crippen LogP) is 4.65. The molecule has 1 fully saturated rings. The lowest BCUT2D eigenvalue weighted by molar-refractivity contribution is -0.384. The van der Waals surface area contributed by atoms with E-state index >= 15 is 0 Å². The van der Waals surface area contributed by atoms with Gasteiger partial charge in [-0.15, -0.1) is 0 Å². The third-order valence-corrected chi connectivity index (χ3v) is 5.04. The van der Waals surface area contributed by atoms with Crippen molar-refractivity contribution >= 4 is 33.8 Å². The number of ether oxygens (including phenoxy) is 1. The zero-order valence-corrected chi connectivity index (χ0v) is 15.7. The number of nitro groups is 1. The van der Waals surface area contributed by atoms with Gasteiger partial charge in [0.1, 0.15) is 5.69 Å². The van der Waals surface area contributed by atoms with E-state index in [-0.39, 0.29) is 10.6 Å². The van der Waals surface area contributed by atoms with E-state index < -0.39 is 0 Å². The highest BCUT2D eigenvalue weighted by Gasteiger charge is 2.21. The Balaban J connectivity index is 1.72. The highest BCUT2D eigenvalue weighted by molar-refractivity contribution is 5.94. The highest BCUT2D eigenvalue weighted by Crippen LogP contribution is 2.31. The van der Waals surface area contributed by atoms with E-state index in [9.17, 15) is 15.4 Å². The van der Waals surface area contributed by atoms with Crippen molar-refractivity contribution in [2.75, 3.05) is 31.2 Å². The minimum absolute atomic E-state index is 0.0384. The Labute approximate surface area is 168 Å². The lowest BCUT2D eigenvalue weighted by atomic mass is 10.00. The molecule has 1 aliphatic heterocycles. The largest absolute Gasteiger partial charge is 0.378 e. The molecule has 0 aliphatic carbocycles. The molecule has 1 heterocycles. The van der Waals surface area contributed by atoms with E-state index in [1.807, 2.05) is 53.4 Å². The van der Waals surface area contributed by atoms with Crippen molar-refractivity contribution in [2.24, 2.45) is 0 Å². The molecule has 3 aromatic rings. The van der Waals surface area contributed by atoms with Crippen LogP contribution in [0.1, 0.15) is 11.1 Å². The molecule has 6 heteroatoms. The monoisotopic (exact) mass is 385 g/mol. The summed E-state index contributed by atoms with van der Waals surface area (Å²) in [4.78, 5) is 13.2. The van der Waals surface area contributed by atoms with Crippen molar-refractivity contribution in [1.82, 2.24) is 0 Å². The predicted molar refractivity (Wildman–Crippen MR) is 114 cm³/mol. The van der Waals surface area contributed by atoms with Gasteiger partial charge in [0, 0.05) is 19.2 Å². The maximum Gasteiger partial charge on any atom is 0.293 e. The fourth-order valence-electron chi connectivity index (χ4n) is 3.55. The summed E-state index contributed by atoms with van der Waals surface area (Å²) in [5, 5.41) is 23.5. The van der Waals surface area contributed by atoms with Crippen LogP contribution in [0.4, 0.5) is 11.4 Å². The van der Waals surface area contributed by atoms with Crippen molar-refractivity contribution in [3.63, 3.8) is 0 Å². The third kappa shape index (κ3) is 3.96. The fourth-order valence-corrected chi connectivity index (χ4v) is 3.55. The standard InChI is InChI=1S/C23H19N3O3/c24-16-21(20-7-6-18-3-1-2-4-19(18)15-20)13-17-5-8-22(23(14-17)26(27)28)25-9-11-29-12-10-25/h1-8,13-15H,9-12H2/b21-13-. The maximum atomic E-state index is 11.7. The summed E-state index contributed by atoms with van der Waals surface area (Å²) < 4.78 is 5.33. The number of fused-ring (bicyclic) bond motifs is 1. The molecule has 0 unspecified atom stereocenters. The normalized spacial score (nSPS) is 14.6. The molecule has 0 amide bonds. The SMILES string of the molecule is N#C/C(=C/c1ccc(N2CCOCC2)c([N+](=O)[O-])c1)c1ccc2ccccc2c1. The van der Waals surface area contributed by atoms with Gasteiger partial charge < -0.3 is 9.64 Å². The average molecular weight is 385 g/mol. The molecule has 4 rings (SSSR count). The Bertz CT molecular complexity index is 1140. The van der Waals surface area contributed by atoms with E-state index in [0.29, 0.717) is 43.1 Å². The number of allylic oxidation sites excluding steroid dienone is 1. The van der Waals surface area contributed by atoms with Crippen molar-refractivity contribution in [2.45, 2.75) is 0 Å². The van der Waals surface area contributed by atoms with E-state index in [2.05, 4.69) is 6.07 Å². The van der Waals surface area contributed by atoms with Crippen LogP contribution in [-0.4, -0.2) is 31.2 Å². The number of nitriles is 1.